The first kappa shape index (κ1) is 15.4. The maximum Gasteiger partial charge on any atom is 0.261 e. The van der Waals surface area contributed by atoms with E-state index in [0.29, 0.717) is 17.1 Å². The van der Waals surface area contributed by atoms with Gasteiger partial charge in [0.1, 0.15) is 0 Å². The normalized spacial score (nSPS) is 11.1. The summed E-state index contributed by atoms with van der Waals surface area (Å²) in [6, 6.07) is 8.19. The molecule has 3 N–H and O–H groups in total. The van der Waals surface area contributed by atoms with Crippen molar-refractivity contribution in [2.24, 2.45) is 5.73 Å². The minimum Gasteiger partial charge on any atom is -0.393 e. The number of pyridine rings is 1. The minimum absolute atomic E-state index is 0.178. The Balaban J connectivity index is 2.24. The summed E-state index contributed by atoms with van der Waals surface area (Å²) < 4.78 is 27.1. The van der Waals surface area contributed by atoms with Crippen LogP contribution in [0.25, 0.3) is 0 Å². The highest BCUT2D eigenvalue weighted by Crippen LogP contribution is 2.18. The van der Waals surface area contributed by atoms with Gasteiger partial charge in [0.25, 0.3) is 10.0 Å². The molecule has 0 saturated carbocycles. The maximum absolute atomic E-state index is 12.3. The van der Waals surface area contributed by atoms with Crippen molar-refractivity contribution in [3.63, 3.8) is 0 Å². The van der Waals surface area contributed by atoms with Crippen LogP contribution in [0.4, 0.5) is 5.69 Å². The Hall–Kier alpha value is -1.99. The first-order valence-electron chi connectivity index (χ1n) is 6.19. The molecule has 0 aliphatic carbocycles. The van der Waals surface area contributed by atoms with E-state index in [0.717, 1.165) is 11.1 Å². The number of aryl methyl sites for hydroxylation is 1. The average Bonchev–Trinajstić information content (AvgIpc) is 2.41. The molecule has 0 atom stereocenters. The fourth-order valence-corrected chi connectivity index (χ4v) is 3.04. The minimum atomic E-state index is -3.64. The van der Waals surface area contributed by atoms with Crippen molar-refractivity contribution in [1.82, 2.24) is 4.98 Å². The van der Waals surface area contributed by atoms with Crippen molar-refractivity contribution in [2.45, 2.75) is 18.2 Å². The molecule has 7 heteroatoms. The third kappa shape index (κ3) is 3.99. The average molecular weight is 321 g/mol. The van der Waals surface area contributed by atoms with Gasteiger partial charge >= 0.3 is 0 Å². The molecule has 110 valence electrons. The molecular formula is C14H15N3O2S2. The van der Waals surface area contributed by atoms with Crippen LogP contribution >= 0.6 is 12.2 Å². The molecular weight excluding hydrogens is 306 g/mol. The van der Waals surface area contributed by atoms with E-state index in [4.69, 9.17) is 18.0 Å². The molecule has 0 saturated heterocycles. The summed E-state index contributed by atoms with van der Waals surface area (Å²) in [6.07, 6.45) is 3.54. The second-order valence-electron chi connectivity index (χ2n) is 4.58. The van der Waals surface area contributed by atoms with Gasteiger partial charge in [0.15, 0.2) is 0 Å². The molecule has 2 rings (SSSR count). The van der Waals surface area contributed by atoms with E-state index >= 15 is 0 Å². The third-order valence-corrected chi connectivity index (χ3v) is 4.42. The standard InChI is InChI=1S/C14H15N3O2S2/c1-10-6-7-16-9-13(10)17-21(18,19)12-4-2-11(3-5-12)8-14(15)20/h2-7,9,17H,8H2,1H3,(H2,15,20). The van der Waals surface area contributed by atoms with Crippen molar-refractivity contribution >= 4 is 32.9 Å². The largest absolute Gasteiger partial charge is 0.393 e. The molecule has 0 radical (unpaired) electrons. The zero-order valence-electron chi connectivity index (χ0n) is 11.4. The Kier molecular flexibility index (Phi) is 4.54. The summed E-state index contributed by atoms with van der Waals surface area (Å²) in [7, 11) is -3.64. The fraction of sp³-hybridized carbons (Fsp3) is 0.143. The zero-order chi connectivity index (χ0) is 15.5. The van der Waals surface area contributed by atoms with Gasteiger partial charge in [-0.05, 0) is 36.2 Å². The van der Waals surface area contributed by atoms with Crippen LogP contribution in [-0.4, -0.2) is 18.4 Å². The topological polar surface area (TPSA) is 85.1 Å². The Morgan fingerprint density at radius 2 is 1.95 bits per heavy atom. The molecule has 1 heterocycles. The Morgan fingerprint density at radius 1 is 1.29 bits per heavy atom. The van der Waals surface area contributed by atoms with E-state index in [1.165, 1.54) is 18.3 Å². The number of nitrogens with zero attached hydrogens (tertiary/aromatic N) is 1. The number of hydrogen-bond acceptors (Lipinski definition) is 4. The highest BCUT2D eigenvalue weighted by Gasteiger charge is 2.15. The number of benzene rings is 1. The highest BCUT2D eigenvalue weighted by molar-refractivity contribution is 7.92. The van der Waals surface area contributed by atoms with Gasteiger partial charge in [-0.15, -0.1) is 0 Å². The van der Waals surface area contributed by atoms with Crippen LogP contribution in [0.5, 0.6) is 0 Å². The van der Waals surface area contributed by atoms with Crippen molar-refractivity contribution < 1.29 is 8.42 Å². The molecule has 0 unspecified atom stereocenters. The lowest BCUT2D eigenvalue weighted by molar-refractivity contribution is 0.601. The molecule has 0 aliphatic rings. The van der Waals surface area contributed by atoms with Crippen molar-refractivity contribution in [1.29, 1.82) is 0 Å². The summed E-state index contributed by atoms with van der Waals surface area (Å²) in [6.45, 7) is 1.81. The van der Waals surface area contributed by atoms with E-state index in [1.807, 2.05) is 6.92 Å². The van der Waals surface area contributed by atoms with Crippen molar-refractivity contribution in [3.05, 3.63) is 53.9 Å². The lowest BCUT2D eigenvalue weighted by atomic mass is 10.1. The number of hydrogen-bond donors (Lipinski definition) is 2. The van der Waals surface area contributed by atoms with E-state index in [-0.39, 0.29) is 4.90 Å². The van der Waals surface area contributed by atoms with E-state index in [1.54, 1.807) is 24.4 Å². The van der Waals surface area contributed by atoms with Crippen LogP contribution in [0.2, 0.25) is 0 Å². The maximum atomic E-state index is 12.3. The molecule has 0 amide bonds. The first-order chi connectivity index (χ1) is 9.88. The Morgan fingerprint density at radius 3 is 2.52 bits per heavy atom. The molecule has 0 fully saturated rings. The number of thiocarbonyl (C=S) groups is 1. The molecule has 2 aromatic rings. The van der Waals surface area contributed by atoms with Gasteiger partial charge < -0.3 is 5.73 Å². The SMILES string of the molecule is Cc1ccncc1NS(=O)(=O)c1ccc(CC(N)=S)cc1. The van der Waals surface area contributed by atoms with Crippen molar-refractivity contribution in [2.75, 3.05) is 4.72 Å². The Bertz CT molecular complexity index is 756. The summed E-state index contributed by atoms with van der Waals surface area (Å²) in [4.78, 5) is 4.46. The predicted molar refractivity (Wildman–Crippen MR) is 86.7 cm³/mol. The summed E-state index contributed by atoms with van der Waals surface area (Å²) in [5, 5.41) is 0. The second kappa shape index (κ2) is 6.19. The second-order valence-corrected chi connectivity index (χ2v) is 6.79. The van der Waals surface area contributed by atoms with Gasteiger partial charge in [-0.1, -0.05) is 24.4 Å². The number of nitrogens with one attached hydrogen (secondary N) is 1. The predicted octanol–water partition coefficient (Wildman–Crippen LogP) is 2.02. The lowest BCUT2D eigenvalue weighted by Gasteiger charge is -2.10. The van der Waals surface area contributed by atoms with Gasteiger partial charge in [-0.2, -0.15) is 0 Å². The zero-order valence-corrected chi connectivity index (χ0v) is 13.0. The van der Waals surface area contributed by atoms with Gasteiger partial charge in [-0.25, -0.2) is 8.42 Å². The molecule has 0 bridgehead atoms. The smallest absolute Gasteiger partial charge is 0.261 e. The summed E-state index contributed by atoms with van der Waals surface area (Å²) in [5.41, 5.74) is 7.60. The van der Waals surface area contributed by atoms with Gasteiger partial charge in [-0.3, -0.25) is 9.71 Å². The third-order valence-electron chi connectivity index (χ3n) is 2.90. The Labute approximate surface area is 129 Å². The molecule has 5 nitrogen and oxygen atoms in total. The molecule has 1 aromatic carbocycles. The number of sulfonamides is 1. The quantitative estimate of drug-likeness (QED) is 0.823. The number of aromatic nitrogens is 1. The fourth-order valence-electron chi connectivity index (χ4n) is 1.76. The number of anilines is 1. The van der Waals surface area contributed by atoms with Crippen LogP contribution in [0.3, 0.4) is 0 Å². The van der Waals surface area contributed by atoms with Gasteiger partial charge in [0.05, 0.1) is 21.8 Å². The van der Waals surface area contributed by atoms with Crippen LogP contribution in [-0.2, 0) is 16.4 Å². The van der Waals surface area contributed by atoms with Crippen LogP contribution in [0, 0.1) is 6.92 Å². The van der Waals surface area contributed by atoms with E-state index in [9.17, 15) is 8.42 Å². The summed E-state index contributed by atoms with van der Waals surface area (Å²) >= 11 is 4.83. The van der Waals surface area contributed by atoms with Crippen LogP contribution in [0.1, 0.15) is 11.1 Å². The molecule has 0 aliphatic heterocycles. The summed E-state index contributed by atoms with van der Waals surface area (Å²) in [5.74, 6) is 0. The van der Waals surface area contributed by atoms with E-state index < -0.39 is 10.0 Å². The molecule has 21 heavy (non-hydrogen) atoms. The van der Waals surface area contributed by atoms with Crippen LogP contribution < -0.4 is 10.5 Å². The number of nitrogens with two attached hydrogens (primary N) is 1. The van der Waals surface area contributed by atoms with Gasteiger partial charge in [0.2, 0.25) is 0 Å². The molecule has 1 aromatic heterocycles. The van der Waals surface area contributed by atoms with Crippen LogP contribution in [0.15, 0.2) is 47.6 Å². The van der Waals surface area contributed by atoms with Crippen molar-refractivity contribution in [3.8, 4) is 0 Å². The first-order valence-corrected chi connectivity index (χ1v) is 8.08. The van der Waals surface area contributed by atoms with E-state index in [2.05, 4.69) is 9.71 Å². The number of rotatable bonds is 5. The molecule has 0 spiro atoms. The monoisotopic (exact) mass is 321 g/mol. The highest BCUT2D eigenvalue weighted by atomic mass is 32.2. The lowest BCUT2D eigenvalue weighted by Crippen LogP contribution is -2.14. The van der Waals surface area contributed by atoms with Gasteiger partial charge in [0, 0.05) is 12.6 Å².